The highest BCUT2D eigenvalue weighted by Gasteiger charge is 2.55. The summed E-state index contributed by atoms with van der Waals surface area (Å²) in [6, 6.07) is 2.23. The van der Waals surface area contributed by atoms with Crippen molar-refractivity contribution in [1.29, 1.82) is 0 Å². The molecule has 0 bridgehead atoms. The van der Waals surface area contributed by atoms with E-state index in [1.807, 2.05) is 6.07 Å². The van der Waals surface area contributed by atoms with Crippen LogP contribution >= 0.6 is 0 Å². The topological polar surface area (TPSA) is 85.8 Å². The molecule has 1 aliphatic carbocycles. The number of rotatable bonds is 2. The van der Waals surface area contributed by atoms with Crippen LogP contribution in [0, 0.1) is 0 Å². The van der Waals surface area contributed by atoms with E-state index in [0.29, 0.717) is 11.6 Å². The monoisotopic (exact) mass is 358 g/mol. The molecule has 2 aliphatic heterocycles. The summed E-state index contributed by atoms with van der Waals surface area (Å²) < 4.78 is 0. The normalized spacial score (nSPS) is 28.4. The highest BCUT2D eigenvalue weighted by molar-refractivity contribution is 5.93. The molecule has 26 heavy (non-hydrogen) atoms. The third-order valence-electron chi connectivity index (χ3n) is 6.52. The predicted octanol–water partition coefficient (Wildman–Crippen LogP) is 1.49. The Bertz CT molecular complexity index is 737. The van der Waals surface area contributed by atoms with Gasteiger partial charge in [-0.05, 0) is 50.2 Å². The van der Waals surface area contributed by atoms with Crippen molar-refractivity contribution in [2.75, 3.05) is 13.1 Å². The third kappa shape index (κ3) is 2.70. The molecule has 2 atom stereocenters. The Labute approximate surface area is 153 Å². The van der Waals surface area contributed by atoms with Gasteiger partial charge < -0.3 is 4.90 Å². The van der Waals surface area contributed by atoms with Gasteiger partial charge in [-0.15, -0.1) is 0 Å². The Kier molecular flexibility index (Phi) is 4.44. The Morgan fingerprint density at radius 1 is 1.31 bits per heavy atom. The quantitative estimate of drug-likeness (QED) is 0.618. The van der Waals surface area contributed by atoms with Crippen molar-refractivity contribution >= 4 is 11.8 Å². The molecule has 1 spiro atoms. The summed E-state index contributed by atoms with van der Waals surface area (Å²) >= 11 is 0. The summed E-state index contributed by atoms with van der Waals surface area (Å²) in [7, 11) is 0. The van der Waals surface area contributed by atoms with Crippen LogP contribution in [-0.4, -0.2) is 56.5 Å². The van der Waals surface area contributed by atoms with Gasteiger partial charge in [-0.3, -0.25) is 24.7 Å². The molecule has 1 saturated carbocycles. The van der Waals surface area contributed by atoms with E-state index in [0.717, 1.165) is 63.0 Å². The number of hydroxylamine groups is 1. The maximum absolute atomic E-state index is 12.2. The molecule has 1 saturated heterocycles. The standard InChI is InChI=1S/C19H26N4O3/c1-13(24)23-8-3-2-6-19(23)7-4-17(19)22-9-5-14-10-15(18(25)21-26)11-20-16(14)12-22/h10-11,17,26H,2-9,12H2,1H3,(H,21,25)/t17-,19-/m1/s1. The van der Waals surface area contributed by atoms with E-state index >= 15 is 0 Å². The summed E-state index contributed by atoms with van der Waals surface area (Å²) in [6.45, 7) is 4.25. The van der Waals surface area contributed by atoms with Crippen LogP contribution < -0.4 is 5.48 Å². The fraction of sp³-hybridized carbons (Fsp3) is 0.632. The van der Waals surface area contributed by atoms with Gasteiger partial charge in [0.05, 0.1) is 16.8 Å². The summed E-state index contributed by atoms with van der Waals surface area (Å²) in [5.41, 5.74) is 4.13. The van der Waals surface area contributed by atoms with Gasteiger partial charge in [0.15, 0.2) is 0 Å². The van der Waals surface area contributed by atoms with Crippen LogP contribution in [0.2, 0.25) is 0 Å². The van der Waals surface area contributed by atoms with Gasteiger partial charge >= 0.3 is 0 Å². The molecular formula is C19H26N4O3. The van der Waals surface area contributed by atoms with Crippen LogP contribution in [0.3, 0.4) is 0 Å². The van der Waals surface area contributed by atoms with Crippen LogP contribution in [0.4, 0.5) is 0 Å². The lowest BCUT2D eigenvalue weighted by Gasteiger charge is -2.61. The molecule has 3 heterocycles. The fourth-order valence-corrected chi connectivity index (χ4v) is 5.15. The lowest BCUT2D eigenvalue weighted by Crippen LogP contribution is -2.71. The van der Waals surface area contributed by atoms with Gasteiger partial charge in [-0.25, -0.2) is 5.48 Å². The lowest BCUT2D eigenvalue weighted by molar-refractivity contribution is -0.153. The van der Waals surface area contributed by atoms with Gasteiger partial charge in [-0.1, -0.05) is 0 Å². The minimum absolute atomic E-state index is 0.0122. The van der Waals surface area contributed by atoms with E-state index < -0.39 is 5.91 Å². The van der Waals surface area contributed by atoms with Crippen molar-refractivity contribution in [2.24, 2.45) is 0 Å². The van der Waals surface area contributed by atoms with Crippen molar-refractivity contribution in [2.45, 2.75) is 63.6 Å². The minimum Gasteiger partial charge on any atom is -0.336 e. The molecule has 4 rings (SSSR count). The first-order chi connectivity index (χ1) is 12.5. The highest BCUT2D eigenvalue weighted by atomic mass is 16.5. The number of fused-ring (bicyclic) bond motifs is 1. The molecule has 2 fully saturated rings. The zero-order valence-corrected chi connectivity index (χ0v) is 15.2. The van der Waals surface area contributed by atoms with Gasteiger partial charge in [0.25, 0.3) is 5.91 Å². The van der Waals surface area contributed by atoms with Gasteiger partial charge in [0.2, 0.25) is 5.91 Å². The van der Waals surface area contributed by atoms with E-state index in [9.17, 15) is 9.59 Å². The average Bonchev–Trinajstić information content (AvgIpc) is 2.66. The first kappa shape index (κ1) is 17.4. The number of nitrogens with zero attached hydrogens (tertiary/aromatic N) is 3. The first-order valence-electron chi connectivity index (χ1n) is 9.49. The fourth-order valence-electron chi connectivity index (χ4n) is 5.15. The number of carbonyl (C=O) groups excluding carboxylic acids is 2. The van der Waals surface area contributed by atoms with Gasteiger partial charge in [0.1, 0.15) is 0 Å². The van der Waals surface area contributed by atoms with Gasteiger partial charge in [-0.2, -0.15) is 0 Å². The summed E-state index contributed by atoms with van der Waals surface area (Å²) in [5, 5.41) is 8.79. The number of piperidine rings is 1. The molecule has 1 aromatic rings. The van der Waals surface area contributed by atoms with Crippen LogP contribution in [0.25, 0.3) is 0 Å². The minimum atomic E-state index is -0.528. The van der Waals surface area contributed by atoms with E-state index in [2.05, 4.69) is 14.8 Å². The van der Waals surface area contributed by atoms with Gasteiger partial charge in [0, 0.05) is 38.8 Å². The van der Waals surface area contributed by atoms with Crippen molar-refractivity contribution in [3.8, 4) is 0 Å². The molecule has 3 aliphatic rings. The second kappa shape index (κ2) is 6.63. The van der Waals surface area contributed by atoms with Crippen LogP contribution in [-0.2, 0) is 17.8 Å². The van der Waals surface area contributed by atoms with Crippen LogP contribution in [0.1, 0.15) is 60.6 Å². The highest BCUT2D eigenvalue weighted by Crippen LogP contribution is 2.48. The molecule has 7 nitrogen and oxygen atoms in total. The molecule has 1 aromatic heterocycles. The van der Waals surface area contributed by atoms with Crippen molar-refractivity contribution in [3.05, 3.63) is 29.1 Å². The van der Waals surface area contributed by atoms with E-state index in [1.54, 1.807) is 12.4 Å². The average molecular weight is 358 g/mol. The second-order valence-corrected chi connectivity index (χ2v) is 7.78. The lowest BCUT2D eigenvalue weighted by atomic mass is 9.64. The summed E-state index contributed by atoms with van der Waals surface area (Å²) in [5.74, 6) is -0.329. The molecule has 0 unspecified atom stereocenters. The molecule has 7 heteroatoms. The molecule has 2 N–H and O–H groups in total. The van der Waals surface area contributed by atoms with Crippen molar-refractivity contribution < 1.29 is 14.8 Å². The molecule has 2 amide bonds. The maximum atomic E-state index is 12.2. The maximum Gasteiger partial charge on any atom is 0.276 e. The number of aromatic nitrogens is 1. The van der Waals surface area contributed by atoms with E-state index in [-0.39, 0.29) is 11.4 Å². The van der Waals surface area contributed by atoms with Crippen molar-refractivity contribution in [1.82, 2.24) is 20.3 Å². The number of likely N-dealkylation sites (tertiary alicyclic amines) is 1. The predicted molar refractivity (Wildman–Crippen MR) is 94.6 cm³/mol. The summed E-state index contributed by atoms with van der Waals surface area (Å²) in [6.07, 6.45) is 7.99. The third-order valence-corrected chi connectivity index (χ3v) is 6.52. The van der Waals surface area contributed by atoms with Crippen molar-refractivity contribution in [3.63, 3.8) is 0 Å². The second-order valence-electron chi connectivity index (χ2n) is 7.78. The first-order valence-corrected chi connectivity index (χ1v) is 9.49. The number of hydrogen-bond donors (Lipinski definition) is 2. The van der Waals surface area contributed by atoms with E-state index in [4.69, 9.17) is 5.21 Å². The molecule has 140 valence electrons. The number of pyridine rings is 1. The zero-order chi connectivity index (χ0) is 18.3. The Morgan fingerprint density at radius 2 is 2.15 bits per heavy atom. The SMILES string of the molecule is CC(=O)N1CCCC[C@]12CC[C@H]2N1CCc2cc(C(=O)NO)cnc2C1. The number of nitrogens with one attached hydrogen (secondary N) is 1. The zero-order valence-electron chi connectivity index (χ0n) is 15.2. The smallest absolute Gasteiger partial charge is 0.276 e. The molecular weight excluding hydrogens is 332 g/mol. The number of amides is 2. The Morgan fingerprint density at radius 3 is 2.85 bits per heavy atom. The summed E-state index contributed by atoms with van der Waals surface area (Å²) in [4.78, 5) is 32.9. The Hall–Kier alpha value is -1.99. The Balaban J connectivity index is 1.54. The molecule has 0 aromatic carbocycles. The largest absolute Gasteiger partial charge is 0.336 e. The van der Waals surface area contributed by atoms with Crippen LogP contribution in [0.15, 0.2) is 12.3 Å². The molecule has 0 radical (unpaired) electrons. The van der Waals surface area contributed by atoms with Crippen LogP contribution in [0.5, 0.6) is 0 Å². The number of carbonyl (C=O) groups is 2. The number of hydrogen-bond acceptors (Lipinski definition) is 5. The van der Waals surface area contributed by atoms with E-state index in [1.165, 1.54) is 12.6 Å².